The molecule has 20 heavy (non-hydrogen) atoms. The molecule has 5 heteroatoms. The van der Waals surface area contributed by atoms with E-state index in [2.05, 4.69) is 40.1 Å². The third-order valence-electron chi connectivity index (χ3n) is 3.16. The molecule has 0 aliphatic rings. The van der Waals surface area contributed by atoms with Crippen LogP contribution in [0.1, 0.15) is 24.8 Å². The Hall–Kier alpha value is -1.78. The van der Waals surface area contributed by atoms with Crippen molar-refractivity contribution < 1.29 is 0 Å². The van der Waals surface area contributed by atoms with Crippen molar-refractivity contribution in [1.82, 2.24) is 20.0 Å². The van der Waals surface area contributed by atoms with Crippen LogP contribution in [0.25, 0.3) is 0 Å². The summed E-state index contributed by atoms with van der Waals surface area (Å²) in [6, 6.07) is 0. The van der Waals surface area contributed by atoms with E-state index in [9.17, 15) is 0 Å². The van der Waals surface area contributed by atoms with E-state index in [1.165, 1.54) is 5.56 Å². The van der Waals surface area contributed by atoms with Gasteiger partial charge in [0.1, 0.15) is 0 Å². The lowest BCUT2D eigenvalue weighted by molar-refractivity contribution is 0.469. The first-order valence-corrected chi connectivity index (χ1v) is 7.17. The zero-order valence-electron chi connectivity index (χ0n) is 13.0. The molecule has 0 aliphatic heterocycles. The molecular formula is C15H27N5. The molecule has 0 saturated carbocycles. The monoisotopic (exact) mass is 277 g/mol. The van der Waals surface area contributed by atoms with E-state index in [0.29, 0.717) is 0 Å². The predicted octanol–water partition coefficient (Wildman–Crippen LogP) is 1.83. The van der Waals surface area contributed by atoms with Gasteiger partial charge in [0.25, 0.3) is 0 Å². The highest BCUT2D eigenvalue weighted by Crippen LogP contribution is 2.00. The van der Waals surface area contributed by atoms with E-state index in [-0.39, 0.29) is 0 Å². The summed E-state index contributed by atoms with van der Waals surface area (Å²) in [4.78, 5) is 6.46. The third kappa shape index (κ3) is 5.91. The van der Waals surface area contributed by atoms with Crippen molar-refractivity contribution in [3.63, 3.8) is 0 Å². The fraction of sp³-hybridized carbons (Fsp3) is 0.600. The number of aryl methyl sites for hydroxylation is 2. The first-order valence-electron chi connectivity index (χ1n) is 7.17. The predicted molar refractivity (Wildman–Crippen MR) is 85.0 cm³/mol. The summed E-state index contributed by atoms with van der Waals surface area (Å²) in [6.07, 6.45) is 10.2. The highest BCUT2D eigenvalue weighted by Gasteiger charge is 2.04. The van der Waals surface area contributed by atoms with Gasteiger partial charge in [-0.05, 0) is 31.2 Å². The maximum atomic E-state index is 4.30. The summed E-state index contributed by atoms with van der Waals surface area (Å²) in [6.45, 7) is 5.66. The van der Waals surface area contributed by atoms with Gasteiger partial charge in [-0.2, -0.15) is 5.10 Å². The second-order valence-corrected chi connectivity index (χ2v) is 4.95. The van der Waals surface area contributed by atoms with Gasteiger partial charge in [0.05, 0.1) is 6.20 Å². The molecule has 0 saturated heterocycles. The lowest BCUT2D eigenvalue weighted by atomic mass is 10.2. The Morgan fingerprint density at radius 1 is 1.55 bits per heavy atom. The van der Waals surface area contributed by atoms with E-state index in [0.717, 1.165) is 44.7 Å². The smallest absolute Gasteiger partial charge is 0.193 e. The van der Waals surface area contributed by atoms with Crippen LogP contribution in [-0.4, -0.2) is 47.8 Å². The van der Waals surface area contributed by atoms with Gasteiger partial charge in [-0.15, -0.1) is 6.58 Å². The Labute approximate surface area is 122 Å². The number of unbranched alkanes of at least 4 members (excludes halogenated alkanes) is 1. The Balaban J connectivity index is 2.22. The number of aromatic nitrogens is 2. The van der Waals surface area contributed by atoms with E-state index in [1.807, 2.05) is 31.1 Å². The lowest BCUT2D eigenvalue weighted by Gasteiger charge is -2.21. The molecule has 1 aromatic rings. The van der Waals surface area contributed by atoms with Crippen LogP contribution in [0.5, 0.6) is 0 Å². The Bertz CT molecular complexity index is 422. The minimum atomic E-state index is 0.924. The minimum absolute atomic E-state index is 0.924. The summed E-state index contributed by atoms with van der Waals surface area (Å²) in [5, 5.41) is 7.57. The van der Waals surface area contributed by atoms with Crippen LogP contribution in [0.15, 0.2) is 30.0 Å². The van der Waals surface area contributed by atoms with Crippen LogP contribution in [0.4, 0.5) is 0 Å². The van der Waals surface area contributed by atoms with Gasteiger partial charge in [-0.3, -0.25) is 9.67 Å². The molecule has 0 atom stereocenters. The summed E-state index contributed by atoms with van der Waals surface area (Å²) in [5.74, 6) is 0.959. The molecule has 112 valence electrons. The molecule has 5 nitrogen and oxygen atoms in total. The second kappa shape index (κ2) is 9.18. The number of hydrogen-bond acceptors (Lipinski definition) is 2. The third-order valence-corrected chi connectivity index (χ3v) is 3.16. The molecule has 1 aromatic heterocycles. The molecule has 0 bridgehead atoms. The largest absolute Gasteiger partial charge is 0.356 e. The zero-order valence-corrected chi connectivity index (χ0v) is 13.0. The Morgan fingerprint density at radius 3 is 2.95 bits per heavy atom. The summed E-state index contributed by atoms with van der Waals surface area (Å²) >= 11 is 0. The molecule has 0 aromatic carbocycles. The van der Waals surface area contributed by atoms with E-state index in [1.54, 1.807) is 0 Å². The van der Waals surface area contributed by atoms with Crippen LogP contribution < -0.4 is 5.32 Å². The van der Waals surface area contributed by atoms with Crippen molar-refractivity contribution in [2.24, 2.45) is 12.0 Å². The number of nitrogens with one attached hydrogen (secondary N) is 1. The molecule has 1 N–H and O–H groups in total. The van der Waals surface area contributed by atoms with Crippen molar-refractivity contribution >= 4 is 5.96 Å². The Kier molecular flexibility index (Phi) is 7.47. The average Bonchev–Trinajstić information content (AvgIpc) is 2.84. The molecule has 0 aliphatic carbocycles. The zero-order chi connectivity index (χ0) is 14.8. The molecule has 0 fully saturated rings. The van der Waals surface area contributed by atoms with E-state index < -0.39 is 0 Å². The van der Waals surface area contributed by atoms with Gasteiger partial charge in [0.2, 0.25) is 0 Å². The number of nitrogens with zero attached hydrogens (tertiary/aromatic N) is 4. The fourth-order valence-corrected chi connectivity index (χ4v) is 2.06. The van der Waals surface area contributed by atoms with Crippen molar-refractivity contribution in [3.05, 3.63) is 30.6 Å². The second-order valence-electron chi connectivity index (χ2n) is 4.95. The quantitative estimate of drug-likeness (QED) is 0.341. The fourth-order valence-electron chi connectivity index (χ4n) is 2.06. The van der Waals surface area contributed by atoms with Gasteiger partial charge in [0, 0.05) is 40.4 Å². The van der Waals surface area contributed by atoms with E-state index >= 15 is 0 Å². The molecule has 1 heterocycles. The van der Waals surface area contributed by atoms with Crippen molar-refractivity contribution in [2.75, 3.05) is 27.2 Å². The van der Waals surface area contributed by atoms with E-state index in [4.69, 9.17) is 0 Å². The number of guanidine groups is 1. The van der Waals surface area contributed by atoms with Crippen molar-refractivity contribution in [3.8, 4) is 0 Å². The summed E-state index contributed by atoms with van der Waals surface area (Å²) < 4.78 is 1.84. The molecule has 1 rings (SSSR count). The van der Waals surface area contributed by atoms with Crippen LogP contribution in [-0.2, 0) is 13.5 Å². The normalized spacial score (nSPS) is 11.4. The molecule has 0 radical (unpaired) electrons. The van der Waals surface area contributed by atoms with Crippen LogP contribution in [0.2, 0.25) is 0 Å². The summed E-state index contributed by atoms with van der Waals surface area (Å²) in [5.41, 5.74) is 1.28. The van der Waals surface area contributed by atoms with Crippen LogP contribution in [0, 0.1) is 0 Å². The molecular weight excluding hydrogens is 250 g/mol. The SMILES string of the molecule is C=CCCCN(C)C(=NC)NCCCc1cnn(C)c1. The van der Waals surface area contributed by atoms with Gasteiger partial charge in [-0.1, -0.05) is 6.08 Å². The topological polar surface area (TPSA) is 45.4 Å². The maximum Gasteiger partial charge on any atom is 0.193 e. The average molecular weight is 277 g/mol. The van der Waals surface area contributed by atoms with Crippen LogP contribution >= 0.6 is 0 Å². The molecule has 0 spiro atoms. The molecule has 0 amide bonds. The number of rotatable bonds is 8. The van der Waals surface area contributed by atoms with Crippen LogP contribution in [0.3, 0.4) is 0 Å². The summed E-state index contributed by atoms with van der Waals surface area (Å²) in [7, 11) is 5.84. The van der Waals surface area contributed by atoms with Gasteiger partial charge >= 0.3 is 0 Å². The minimum Gasteiger partial charge on any atom is -0.356 e. The highest BCUT2D eigenvalue weighted by atomic mass is 15.3. The Morgan fingerprint density at radius 2 is 2.35 bits per heavy atom. The van der Waals surface area contributed by atoms with Gasteiger partial charge in [-0.25, -0.2) is 0 Å². The number of allylic oxidation sites excluding steroid dienone is 1. The first-order chi connectivity index (χ1) is 9.67. The highest BCUT2D eigenvalue weighted by molar-refractivity contribution is 5.79. The molecule has 0 unspecified atom stereocenters. The number of hydrogen-bond donors (Lipinski definition) is 1. The maximum absolute atomic E-state index is 4.30. The number of aliphatic imine (C=N–C) groups is 1. The van der Waals surface area contributed by atoms with Crippen molar-refractivity contribution in [1.29, 1.82) is 0 Å². The van der Waals surface area contributed by atoms with Gasteiger partial charge < -0.3 is 10.2 Å². The van der Waals surface area contributed by atoms with Crippen molar-refractivity contribution in [2.45, 2.75) is 25.7 Å². The standard InChI is InChI=1S/C15H27N5/c1-5-6-7-11-19(3)15(16-2)17-10-8-9-14-12-18-20(4)13-14/h5,12-13H,1,6-11H2,2-4H3,(H,16,17). The first kappa shape index (κ1) is 16.3. The van der Waals surface area contributed by atoms with Gasteiger partial charge in [0.15, 0.2) is 5.96 Å². The lowest BCUT2D eigenvalue weighted by Crippen LogP contribution is -2.39.